The highest BCUT2D eigenvalue weighted by Gasteiger charge is 2.13. The van der Waals surface area contributed by atoms with Gasteiger partial charge in [-0.2, -0.15) is 0 Å². The van der Waals surface area contributed by atoms with Gasteiger partial charge in [-0.25, -0.2) is 0 Å². The van der Waals surface area contributed by atoms with Gasteiger partial charge in [-0.05, 0) is 62.7 Å². The molecular weight excluding hydrogens is 364 g/mol. The normalized spacial score (nSPS) is 10.8. The number of rotatable bonds is 8. The predicted octanol–water partition coefficient (Wildman–Crippen LogP) is 4.43. The number of ether oxygens (including phenoxy) is 2. The molecule has 0 aromatic heterocycles. The molecule has 2 aromatic rings. The molecule has 0 saturated carbocycles. The van der Waals surface area contributed by atoms with Gasteiger partial charge >= 0.3 is 0 Å². The minimum Gasteiger partial charge on any atom is -0.493 e. The van der Waals surface area contributed by atoms with Gasteiger partial charge in [0.05, 0.1) is 31.0 Å². The second kappa shape index (κ2) is 9.62. The van der Waals surface area contributed by atoms with Crippen LogP contribution >= 0.6 is 11.6 Å². The van der Waals surface area contributed by atoms with Gasteiger partial charge in [-0.15, -0.1) is 0 Å². The molecule has 0 saturated heterocycles. The summed E-state index contributed by atoms with van der Waals surface area (Å²) in [7, 11) is 3.51. The van der Waals surface area contributed by atoms with E-state index < -0.39 is 0 Å². The van der Waals surface area contributed by atoms with Crippen LogP contribution in [0.25, 0.3) is 0 Å². The van der Waals surface area contributed by atoms with E-state index in [0.717, 1.165) is 16.7 Å². The molecule has 27 heavy (non-hydrogen) atoms. The van der Waals surface area contributed by atoms with Crippen molar-refractivity contribution in [1.82, 2.24) is 4.90 Å². The number of amides is 1. The van der Waals surface area contributed by atoms with Crippen molar-refractivity contribution in [3.63, 3.8) is 0 Å². The first-order valence-electron chi connectivity index (χ1n) is 8.88. The highest BCUT2D eigenvalue weighted by molar-refractivity contribution is 6.34. The smallest absolute Gasteiger partial charge is 0.238 e. The van der Waals surface area contributed by atoms with E-state index >= 15 is 0 Å². The molecule has 0 aliphatic carbocycles. The van der Waals surface area contributed by atoms with Crippen LogP contribution < -0.4 is 14.8 Å². The molecule has 0 fully saturated rings. The number of carbonyl (C=O) groups is 1. The van der Waals surface area contributed by atoms with Crippen molar-refractivity contribution in [2.75, 3.05) is 32.6 Å². The van der Waals surface area contributed by atoms with Crippen LogP contribution in [-0.4, -0.2) is 38.1 Å². The molecule has 146 valence electrons. The number of benzene rings is 2. The fourth-order valence-corrected chi connectivity index (χ4v) is 3.32. The summed E-state index contributed by atoms with van der Waals surface area (Å²) >= 11 is 6.26. The monoisotopic (exact) mass is 390 g/mol. The molecule has 0 bridgehead atoms. The van der Waals surface area contributed by atoms with Crippen LogP contribution in [0.15, 0.2) is 30.3 Å². The number of nitrogens with one attached hydrogen (secondary N) is 1. The van der Waals surface area contributed by atoms with Crippen molar-refractivity contribution < 1.29 is 14.3 Å². The lowest BCUT2D eigenvalue weighted by atomic mass is 10.1. The first-order chi connectivity index (χ1) is 12.8. The number of nitrogens with zero attached hydrogens (tertiary/aromatic N) is 1. The SMILES string of the molecule is CCOc1ccc(CN(C)CC(=O)Nc2c(C)cc(C)cc2Cl)cc1OC. The van der Waals surface area contributed by atoms with E-state index in [1.807, 2.05) is 63.1 Å². The second-order valence-corrected chi connectivity index (χ2v) is 6.98. The van der Waals surface area contributed by atoms with Gasteiger partial charge in [-0.3, -0.25) is 9.69 Å². The lowest BCUT2D eigenvalue weighted by Crippen LogP contribution is -2.30. The van der Waals surface area contributed by atoms with Crippen LogP contribution in [0.5, 0.6) is 11.5 Å². The second-order valence-electron chi connectivity index (χ2n) is 6.58. The van der Waals surface area contributed by atoms with E-state index in [1.54, 1.807) is 7.11 Å². The third-order valence-electron chi connectivity index (χ3n) is 4.09. The standard InChI is InChI=1S/C21H27ClN2O3/c1-6-27-18-8-7-16(11-19(18)26-5)12-24(4)13-20(25)23-21-15(3)9-14(2)10-17(21)22/h7-11H,6,12-13H2,1-5H3,(H,23,25). The Kier molecular flexibility index (Phi) is 7.51. The number of aryl methyl sites for hydroxylation is 2. The molecular formula is C21H27ClN2O3. The molecule has 0 atom stereocenters. The maximum atomic E-state index is 12.4. The van der Waals surface area contributed by atoms with Crippen molar-refractivity contribution in [3.8, 4) is 11.5 Å². The van der Waals surface area contributed by atoms with Gasteiger partial charge in [0, 0.05) is 6.54 Å². The van der Waals surface area contributed by atoms with Crippen LogP contribution in [0.2, 0.25) is 5.02 Å². The number of halogens is 1. The van der Waals surface area contributed by atoms with Gasteiger partial charge in [0.15, 0.2) is 11.5 Å². The number of hydrogen-bond donors (Lipinski definition) is 1. The van der Waals surface area contributed by atoms with Crippen molar-refractivity contribution >= 4 is 23.2 Å². The van der Waals surface area contributed by atoms with Crippen LogP contribution in [0, 0.1) is 13.8 Å². The number of hydrogen-bond acceptors (Lipinski definition) is 4. The zero-order chi connectivity index (χ0) is 20.0. The van der Waals surface area contributed by atoms with Crippen molar-refractivity contribution in [2.24, 2.45) is 0 Å². The summed E-state index contributed by atoms with van der Waals surface area (Å²) in [6, 6.07) is 9.64. The fourth-order valence-electron chi connectivity index (χ4n) is 2.95. The van der Waals surface area contributed by atoms with E-state index in [-0.39, 0.29) is 12.5 Å². The number of likely N-dealkylation sites (N-methyl/N-ethyl adjacent to an activating group) is 1. The topological polar surface area (TPSA) is 50.8 Å². The Bertz CT molecular complexity index is 785. The maximum Gasteiger partial charge on any atom is 0.238 e. The fraction of sp³-hybridized carbons (Fsp3) is 0.381. The van der Waals surface area contributed by atoms with Crippen molar-refractivity contribution in [3.05, 3.63) is 52.0 Å². The van der Waals surface area contributed by atoms with Gasteiger partial charge in [-0.1, -0.05) is 23.7 Å². The average Bonchev–Trinajstić information content (AvgIpc) is 2.59. The summed E-state index contributed by atoms with van der Waals surface area (Å²) < 4.78 is 10.9. The van der Waals surface area contributed by atoms with E-state index in [4.69, 9.17) is 21.1 Å². The Morgan fingerprint density at radius 2 is 1.93 bits per heavy atom. The molecule has 1 amide bonds. The van der Waals surface area contributed by atoms with Crippen LogP contribution in [0.3, 0.4) is 0 Å². The van der Waals surface area contributed by atoms with Crippen LogP contribution in [0.4, 0.5) is 5.69 Å². The molecule has 2 aromatic carbocycles. The Hall–Kier alpha value is -2.24. The van der Waals surface area contributed by atoms with E-state index in [0.29, 0.717) is 35.4 Å². The first kappa shape index (κ1) is 21.1. The summed E-state index contributed by atoms with van der Waals surface area (Å²) in [6.45, 7) is 7.28. The number of anilines is 1. The third-order valence-corrected chi connectivity index (χ3v) is 4.39. The molecule has 5 nitrogen and oxygen atoms in total. The molecule has 2 rings (SSSR count). The molecule has 1 N–H and O–H groups in total. The maximum absolute atomic E-state index is 12.4. The molecule has 6 heteroatoms. The Balaban J connectivity index is 1.99. The summed E-state index contributed by atoms with van der Waals surface area (Å²) in [5, 5.41) is 3.47. The molecule has 0 aliphatic heterocycles. The highest BCUT2D eigenvalue weighted by Crippen LogP contribution is 2.29. The predicted molar refractivity (Wildman–Crippen MR) is 110 cm³/mol. The largest absolute Gasteiger partial charge is 0.493 e. The molecule has 0 heterocycles. The van der Waals surface area contributed by atoms with Crippen LogP contribution in [0.1, 0.15) is 23.6 Å². The summed E-state index contributed by atoms with van der Waals surface area (Å²) in [5.74, 6) is 1.30. The lowest BCUT2D eigenvalue weighted by Gasteiger charge is -2.18. The van der Waals surface area contributed by atoms with Gasteiger partial charge < -0.3 is 14.8 Å². The zero-order valence-electron chi connectivity index (χ0n) is 16.6. The van der Waals surface area contributed by atoms with Crippen LogP contribution in [-0.2, 0) is 11.3 Å². The molecule has 0 radical (unpaired) electrons. The van der Waals surface area contributed by atoms with E-state index in [2.05, 4.69) is 5.32 Å². The molecule has 0 unspecified atom stereocenters. The van der Waals surface area contributed by atoms with Crippen molar-refractivity contribution in [1.29, 1.82) is 0 Å². The Morgan fingerprint density at radius 1 is 1.19 bits per heavy atom. The summed E-state index contributed by atoms with van der Waals surface area (Å²) in [4.78, 5) is 14.3. The average molecular weight is 391 g/mol. The highest BCUT2D eigenvalue weighted by atomic mass is 35.5. The third kappa shape index (κ3) is 5.88. The van der Waals surface area contributed by atoms with Gasteiger partial charge in [0.2, 0.25) is 5.91 Å². The minimum atomic E-state index is -0.107. The number of carbonyl (C=O) groups excluding carboxylic acids is 1. The minimum absolute atomic E-state index is 0.107. The quantitative estimate of drug-likeness (QED) is 0.724. The molecule has 0 spiro atoms. The van der Waals surface area contributed by atoms with E-state index in [9.17, 15) is 4.79 Å². The van der Waals surface area contributed by atoms with Gasteiger partial charge in [0.25, 0.3) is 0 Å². The molecule has 0 aliphatic rings. The lowest BCUT2D eigenvalue weighted by molar-refractivity contribution is -0.117. The van der Waals surface area contributed by atoms with Crippen molar-refractivity contribution in [2.45, 2.75) is 27.3 Å². The Labute approximate surface area is 166 Å². The Morgan fingerprint density at radius 3 is 2.56 bits per heavy atom. The zero-order valence-corrected chi connectivity index (χ0v) is 17.3. The summed E-state index contributed by atoms with van der Waals surface area (Å²) in [5.41, 5.74) is 3.72. The van der Waals surface area contributed by atoms with Gasteiger partial charge in [0.1, 0.15) is 0 Å². The summed E-state index contributed by atoms with van der Waals surface area (Å²) in [6.07, 6.45) is 0. The van der Waals surface area contributed by atoms with E-state index in [1.165, 1.54) is 0 Å². The number of methoxy groups -OCH3 is 1. The first-order valence-corrected chi connectivity index (χ1v) is 9.26.